The van der Waals surface area contributed by atoms with Gasteiger partial charge in [-0.2, -0.15) is 0 Å². The van der Waals surface area contributed by atoms with Crippen LogP contribution in [0.25, 0.3) is 5.65 Å². The first-order valence-electron chi connectivity index (χ1n) is 14.1. The van der Waals surface area contributed by atoms with Crippen LogP contribution in [0, 0.1) is 24.7 Å². The number of halogens is 5. The zero-order valence-electron chi connectivity index (χ0n) is 24.0. The minimum atomic E-state index is -0.277. The number of fused-ring (bicyclic) bond motifs is 1. The first-order chi connectivity index (χ1) is 19.6. The van der Waals surface area contributed by atoms with Gasteiger partial charge >= 0.3 is 0 Å². The van der Waals surface area contributed by atoms with Crippen LogP contribution >= 0.6 is 63.9 Å². The Hall–Kier alpha value is -1.75. The van der Waals surface area contributed by atoms with Gasteiger partial charge in [0.2, 0.25) is 11.8 Å². The molecule has 4 saturated carbocycles. The lowest BCUT2D eigenvalue weighted by molar-refractivity contribution is -0.125. The van der Waals surface area contributed by atoms with Gasteiger partial charge in [-0.15, -0.1) is 24.8 Å². The predicted octanol–water partition coefficient (Wildman–Crippen LogP) is 6.77. The van der Waals surface area contributed by atoms with E-state index < -0.39 is 0 Å². The van der Waals surface area contributed by atoms with Crippen molar-refractivity contribution in [1.29, 1.82) is 0 Å². The molecule has 4 bridgehead atoms. The van der Waals surface area contributed by atoms with Crippen molar-refractivity contribution in [2.45, 2.75) is 57.6 Å². The van der Waals surface area contributed by atoms with E-state index >= 15 is 0 Å². The van der Waals surface area contributed by atoms with Crippen LogP contribution in [0.4, 0.5) is 5.69 Å². The Balaban J connectivity index is 0.00000212. The number of aryl methyl sites for hydroxylation is 1. The lowest BCUT2D eigenvalue weighted by Gasteiger charge is -2.57. The van der Waals surface area contributed by atoms with Crippen molar-refractivity contribution < 1.29 is 14.3 Å². The molecule has 234 valence electrons. The van der Waals surface area contributed by atoms with Crippen molar-refractivity contribution >= 4 is 87.1 Å². The van der Waals surface area contributed by atoms with Crippen LogP contribution in [0.2, 0.25) is 10.0 Å². The molecule has 2 amide bonds. The number of nitrogens with one attached hydrogen (secondary N) is 2. The van der Waals surface area contributed by atoms with E-state index in [1.807, 2.05) is 17.5 Å². The largest absolute Gasteiger partial charge is 0.483 e. The molecule has 7 rings (SSSR count). The first-order valence-corrected chi connectivity index (χ1v) is 15.7. The van der Waals surface area contributed by atoms with Crippen molar-refractivity contribution in [2.24, 2.45) is 17.8 Å². The number of hydrogen-bond donors (Lipinski definition) is 2. The van der Waals surface area contributed by atoms with Crippen LogP contribution in [-0.2, 0) is 16.2 Å². The van der Waals surface area contributed by atoms with Crippen LogP contribution in [0.5, 0.6) is 5.75 Å². The molecule has 8 nitrogen and oxygen atoms in total. The Morgan fingerprint density at radius 2 is 1.67 bits per heavy atom. The quantitative estimate of drug-likeness (QED) is 0.253. The maximum Gasteiger partial charge on any atom is 0.246 e. The standard InChI is InChI=1S/C30H34BrCl2N5O3.2ClH/c1-17-28(31)38-7-6-24(27(29(38)36-17)41-16-21-22(32)4-3-5-23(21)33)37(2)26(40)15-34-25(39)14-35-30-11-18-8-19(12-30)10-20(9-18)13-30;;/h3-7,18-20,35H,8-16H2,1-2H3,(H,34,39);2*1H. The summed E-state index contributed by atoms with van der Waals surface area (Å²) in [6.45, 7) is 2.07. The molecule has 0 radical (unpaired) electrons. The number of ether oxygens (including phenoxy) is 1. The summed E-state index contributed by atoms with van der Waals surface area (Å²) in [5.74, 6) is 2.36. The van der Waals surface area contributed by atoms with Crippen molar-refractivity contribution in [3.8, 4) is 5.75 Å². The summed E-state index contributed by atoms with van der Waals surface area (Å²) in [7, 11) is 1.66. The fourth-order valence-corrected chi connectivity index (χ4v) is 8.34. The smallest absolute Gasteiger partial charge is 0.246 e. The number of likely N-dealkylation sites (N-methyl/N-ethyl adjacent to an activating group) is 1. The van der Waals surface area contributed by atoms with Crippen molar-refractivity contribution in [3.63, 3.8) is 0 Å². The topological polar surface area (TPSA) is 88.0 Å². The van der Waals surface area contributed by atoms with E-state index in [1.165, 1.54) is 43.4 Å². The molecule has 13 heteroatoms. The number of hydrogen-bond acceptors (Lipinski definition) is 5. The molecule has 43 heavy (non-hydrogen) atoms. The molecule has 2 heterocycles. The minimum absolute atomic E-state index is 0. The van der Waals surface area contributed by atoms with Crippen LogP contribution in [0.1, 0.15) is 49.8 Å². The van der Waals surface area contributed by atoms with Gasteiger partial charge in [-0.1, -0.05) is 29.3 Å². The molecule has 2 aromatic heterocycles. The van der Waals surface area contributed by atoms with E-state index in [1.54, 1.807) is 31.3 Å². The molecule has 0 aliphatic heterocycles. The Kier molecular flexibility index (Phi) is 10.9. The first kappa shape index (κ1) is 34.1. The molecule has 1 aromatic carbocycles. The van der Waals surface area contributed by atoms with Crippen molar-refractivity contribution in [3.05, 3.63) is 56.4 Å². The molecule has 0 saturated heterocycles. The van der Waals surface area contributed by atoms with Crippen molar-refractivity contribution in [1.82, 2.24) is 20.0 Å². The second-order valence-electron chi connectivity index (χ2n) is 12.0. The third-order valence-electron chi connectivity index (χ3n) is 9.09. The number of pyridine rings is 1. The highest BCUT2D eigenvalue weighted by atomic mass is 79.9. The van der Waals surface area contributed by atoms with Gasteiger partial charge in [-0.05, 0) is 97.3 Å². The Morgan fingerprint density at radius 3 is 2.28 bits per heavy atom. The molecule has 4 fully saturated rings. The summed E-state index contributed by atoms with van der Waals surface area (Å²) in [5, 5.41) is 7.38. The maximum absolute atomic E-state index is 13.3. The lowest BCUT2D eigenvalue weighted by atomic mass is 9.53. The number of amides is 2. The summed E-state index contributed by atoms with van der Waals surface area (Å²) in [5.41, 5.74) is 2.56. The SMILES string of the molecule is Cc1nc2c(OCc3c(Cl)cccc3Cl)c(N(C)C(=O)CNC(=O)CNC34CC5CC(CC(C5)C3)C4)ccn2c1Br.Cl.Cl. The van der Waals surface area contributed by atoms with E-state index in [2.05, 4.69) is 31.5 Å². The van der Waals surface area contributed by atoms with Gasteiger partial charge in [-0.25, -0.2) is 4.98 Å². The molecule has 0 spiro atoms. The van der Waals surface area contributed by atoms with E-state index in [4.69, 9.17) is 27.9 Å². The minimum Gasteiger partial charge on any atom is -0.483 e. The van der Waals surface area contributed by atoms with Gasteiger partial charge < -0.3 is 20.3 Å². The summed E-state index contributed by atoms with van der Waals surface area (Å²) < 4.78 is 8.89. The second-order valence-corrected chi connectivity index (χ2v) is 13.5. The van der Waals surface area contributed by atoms with E-state index in [0.717, 1.165) is 28.1 Å². The van der Waals surface area contributed by atoms with E-state index in [9.17, 15) is 9.59 Å². The number of nitrogens with zero attached hydrogens (tertiary/aromatic N) is 3. The molecule has 3 aromatic rings. The van der Waals surface area contributed by atoms with Gasteiger partial charge in [0, 0.05) is 34.4 Å². The monoisotopic (exact) mass is 733 g/mol. The predicted molar refractivity (Wildman–Crippen MR) is 178 cm³/mol. The molecule has 0 atom stereocenters. The molecule has 4 aliphatic rings. The molecule has 2 N–H and O–H groups in total. The highest BCUT2D eigenvalue weighted by molar-refractivity contribution is 9.10. The van der Waals surface area contributed by atoms with Crippen molar-refractivity contribution in [2.75, 3.05) is 25.0 Å². The van der Waals surface area contributed by atoms with Gasteiger partial charge in [0.1, 0.15) is 11.2 Å². The van der Waals surface area contributed by atoms with Gasteiger partial charge in [-0.3, -0.25) is 14.0 Å². The number of rotatable bonds is 9. The van der Waals surface area contributed by atoms with Crippen LogP contribution in [-0.4, -0.2) is 46.9 Å². The highest BCUT2D eigenvalue weighted by Crippen LogP contribution is 2.55. The number of imidazole rings is 1. The van der Waals surface area contributed by atoms with Crippen LogP contribution in [0.3, 0.4) is 0 Å². The highest BCUT2D eigenvalue weighted by Gasteiger charge is 2.50. The summed E-state index contributed by atoms with van der Waals surface area (Å²) >= 11 is 16.3. The zero-order chi connectivity index (χ0) is 28.9. The zero-order valence-corrected chi connectivity index (χ0v) is 28.7. The third-order valence-corrected chi connectivity index (χ3v) is 10.8. The number of benzene rings is 1. The lowest BCUT2D eigenvalue weighted by Crippen LogP contribution is -2.60. The average Bonchev–Trinajstić information content (AvgIpc) is 3.22. The van der Waals surface area contributed by atoms with E-state index in [-0.39, 0.29) is 61.9 Å². The Bertz CT molecular complexity index is 1460. The van der Waals surface area contributed by atoms with Crippen LogP contribution < -0.4 is 20.3 Å². The number of carbonyl (C=O) groups is 2. The second kappa shape index (κ2) is 13.7. The molecule has 0 unspecified atom stereocenters. The Labute approximate surface area is 282 Å². The van der Waals surface area contributed by atoms with Crippen LogP contribution in [0.15, 0.2) is 35.1 Å². The number of anilines is 1. The Morgan fingerprint density at radius 1 is 1.07 bits per heavy atom. The molecular formula is C30H36BrCl4N5O3. The normalized spacial score (nSPS) is 23.4. The molecular weight excluding hydrogens is 700 g/mol. The average molecular weight is 736 g/mol. The summed E-state index contributed by atoms with van der Waals surface area (Å²) in [6, 6.07) is 7.06. The van der Waals surface area contributed by atoms with Gasteiger partial charge in [0.05, 0.1) is 24.5 Å². The number of carbonyl (C=O) groups excluding carboxylic acids is 2. The van der Waals surface area contributed by atoms with Gasteiger partial charge in [0.25, 0.3) is 0 Å². The molecule has 4 aliphatic carbocycles. The fraction of sp³-hybridized carbons (Fsp3) is 0.500. The maximum atomic E-state index is 13.3. The fourth-order valence-electron chi connectivity index (χ4n) is 7.46. The van der Waals surface area contributed by atoms with Gasteiger partial charge in [0.15, 0.2) is 11.4 Å². The summed E-state index contributed by atoms with van der Waals surface area (Å²) in [4.78, 5) is 32.2. The third kappa shape index (κ3) is 6.92. The number of aromatic nitrogens is 2. The summed E-state index contributed by atoms with van der Waals surface area (Å²) in [6.07, 6.45) is 9.39. The van der Waals surface area contributed by atoms with E-state index in [0.29, 0.717) is 32.7 Å².